The first-order chi connectivity index (χ1) is 5.18. The van der Waals surface area contributed by atoms with E-state index in [4.69, 9.17) is 10.5 Å². The third kappa shape index (κ3) is 1.69. The van der Waals surface area contributed by atoms with Gasteiger partial charge in [-0.3, -0.25) is 4.79 Å². The molecule has 2 N–H and O–H groups in total. The van der Waals surface area contributed by atoms with Crippen LogP contribution in [0.25, 0.3) is 0 Å². The van der Waals surface area contributed by atoms with Crippen molar-refractivity contribution in [3.63, 3.8) is 0 Å². The molecule has 0 spiro atoms. The molecule has 1 saturated carbocycles. The first-order valence-electron chi connectivity index (χ1n) is 3.63. The largest absolute Gasteiger partial charge is 0.435 e. The minimum atomic E-state index is -0.897. The number of carbonyl (C=O) groups excluding carboxylic acids is 2. The van der Waals surface area contributed by atoms with Gasteiger partial charge in [-0.1, -0.05) is 0 Å². The second-order valence-electron chi connectivity index (χ2n) is 2.81. The van der Waals surface area contributed by atoms with Crippen molar-refractivity contribution in [3.05, 3.63) is 0 Å². The van der Waals surface area contributed by atoms with Gasteiger partial charge in [-0.2, -0.15) is 0 Å². The number of ether oxygens (including phenoxy) is 1. The Morgan fingerprint density at radius 2 is 2.00 bits per heavy atom. The third-order valence-electron chi connectivity index (χ3n) is 1.97. The van der Waals surface area contributed by atoms with Gasteiger partial charge < -0.3 is 10.5 Å². The molecule has 1 rings (SSSR count). The highest BCUT2D eigenvalue weighted by Crippen LogP contribution is 2.30. The van der Waals surface area contributed by atoms with Crippen molar-refractivity contribution >= 4 is 12.4 Å². The Morgan fingerprint density at radius 3 is 2.36 bits per heavy atom. The number of nitrogens with two attached hydrogens (primary N) is 1. The summed E-state index contributed by atoms with van der Waals surface area (Å²) in [5, 5.41) is 0. The molecule has 4 heteroatoms. The molecule has 0 aromatic carbocycles. The minimum absolute atomic E-state index is 0.611. The van der Waals surface area contributed by atoms with Crippen LogP contribution in [0.1, 0.15) is 25.7 Å². The van der Waals surface area contributed by atoms with E-state index < -0.39 is 11.7 Å². The summed E-state index contributed by atoms with van der Waals surface area (Å²) in [5.41, 5.74) is 3.92. The molecule has 0 bridgehead atoms. The normalized spacial score (nSPS) is 21.1. The highest BCUT2D eigenvalue weighted by atomic mass is 16.6. The van der Waals surface area contributed by atoms with E-state index in [1.54, 1.807) is 0 Å². The second kappa shape index (κ2) is 2.90. The molecular weight excluding hydrogens is 146 g/mol. The molecule has 1 aliphatic rings. The van der Waals surface area contributed by atoms with Crippen LogP contribution in [0.2, 0.25) is 0 Å². The van der Waals surface area contributed by atoms with E-state index in [9.17, 15) is 9.59 Å². The summed E-state index contributed by atoms with van der Waals surface area (Å²) < 4.78 is 4.72. The fourth-order valence-corrected chi connectivity index (χ4v) is 1.42. The molecule has 1 aliphatic carbocycles. The van der Waals surface area contributed by atoms with Gasteiger partial charge in [0.15, 0.2) is 11.9 Å². The standard InChI is InChI=1S/C7H11NO3/c8-6(10)11-7(5-9)3-1-2-4-7/h5H,1-4H2,(H2,8,10). The fraction of sp³-hybridized carbons (Fsp3) is 0.714. The molecule has 1 amide bonds. The van der Waals surface area contributed by atoms with Crippen molar-refractivity contribution in [2.75, 3.05) is 0 Å². The molecule has 11 heavy (non-hydrogen) atoms. The number of amides is 1. The lowest BCUT2D eigenvalue weighted by molar-refractivity contribution is -0.123. The van der Waals surface area contributed by atoms with Gasteiger partial charge in [-0.15, -0.1) is 0 Å². The van der Waals surface area contributed by atoms with Crippen LogP contribution in [0.4, 0.5) is 4.79 Å². The maximum Gasteiger partial charge on any atom is 0.405 e. The number of aldehydes is 1. The number of rotatable bonds is 2. The van der Waals surface area contributed by atoms with Gasteiger partial charge in [0.25, 0.3) is 0 Å². The van der Waals surface area contributed by atoms with Gasteiger partial charge in [0, 0.05) is 0 Å². The molecule has 0 saturated heterocycles. The average Bonchev–Trinajstić information content (AvgIpc) is 2.36. The van der Waals surface area contributed by atoms with Crippen molar-refractivity contribution in [3.8, 4) is 0 Å². The monoisotopic (exact) mass is 157 g/mol. The van der Waals surface area contributed by atoms with Gasteiger partial charge in [0.05, 0.1) is 0 Å². The maximum atomic E-state index is 10.5. The smallest absolute Gasteiger partial charge is 0.405 e. The maximum absolute atomic E-state index is 10.5. The molecule has 0 aromatic heterocycles. The topological polar surface area (TPSA) is 69.4 Å². The van der Waals surface area contributed by atoms with Crippen LogP contribution in [-0.4, -0.2) is 18.0 Å². The van der Waals surface area contributed by atoms with E-state index in [1.165, 1.54) is 0 Å². The van der Waals surface area contributed by atoms with Crippen molar-refractivity contribution in [2.45, 2.75) is 31.3 Å². The number of primary amides is 1. The van der Waals surface area contributed by atoms with Gasteiger partial charge in [0.1, 0.15) is 0 Å². The van der Waals surface area contributed by atoms with E-state index >= 15 is 0 Å². The van der Waals surface area contributed by atoms with Crippen LogP contribution < -0.4 is 5.73 Å². The van der Waals surface area contributed by atoms with Crippen LogP contribution in [0.3, 0.4) is 0 Å². The molecule has 0 aliphatic heterocycles. The summed E-state index contributed by atoms with van der Waals surface area (Å²) >= 11 is 0. The Balaban J connectivity index is 2.59. The second-order valence-corrected chi connectivity index (χ2v) is 2.81. The van der Waals surface area contributed by atoms with Crippen LogP contribution in [0.15, 0.2) is 0 Å². The van der Waals surface area contributed by atoms with E-state index in [1.807, 2.05) is 0 Å². The molecule has 0 atom stereocenters. The summed E-state index contributed by atoms with van der Waals surface area (Å²) in [6.07, 6.45) is 2.89. The molecule has 0 aromatic rings. The predicted octanol–water partition coefficient (Wildman–Crippen LogP) is 0.593. The third-order valence-corrected chi connectivity index (χ3v) is 1.97. The van der Waals surface area contributed by atoms with Crippen LogP contribution in [-0.2, 0) is 9.53 Å². The lowest BCUT2D eigenvalue weighted by Crippen LogP contribution is -2.35. The van der Waals surface area contributed by atoms with Crippen LogP contribution in [0.5, 0.6) is 0 Å². The Hall–Kier alpha value is -1.06. The Labute approximate surface area is 64.7 Å². The molecule has 4 nitrogen and oxygen atoms in total. The van der Waals surface area contributed by atoms with Gasteiger partial charge in [-0.05, 0) is 25.7 Å². The van der Waals surface area contributed by atoms with Gasteiger partial charge in [-0.25, -0.2) is 4.79 Å². The molecule has 1 fully saturated rings. The molecule has 62 valence electrons. The molecular formula is C7H11NO3. The fourth-order valence-electron chi connectivity index (χ4n) is 1.42. The minimum Gasteiger partial charge on any atom is -0.435 e. The number of hydrogen-bond acceptors (Lipinski definition) is 3. The highest BCUT2D eigenvalue weighted by Gasteiger charge is 2.36. The van der Waals surface area contributed by atoms with E-state index in [0.717, 1.165) is 12.8 Å². The van der Waals surface area contributed by atoms with E-state index in [-0.39, 0.29) is 0 Å². The molecule has 0 radical (unpaired) electrons. The van der Waals surface area contributed by atoms with Crippen LogP contribution >= 0.6 is 0 Å². The highest BCUT2D eigenvalue weighted by molar-refractivity contribution is 5.72. The first kappa shape index (κ1) is 8.04. The predicted molar refractivity (Wildman–Crippen MR) is 37.9 cm³/mol. The van der Waals surface area contributed by atoms with Crippen molar-refractivity contribution < 1.29 is 14.3 Å². The number of hydrogen-bond donors (Lipinski definition) is 1. The quantitative estimate of drug-likeness (QED) is 0.596. The lowest BCUT2D eigenvalue weighted by Gasteiger charge is -2.20. The summed E-state index contributed by atoms with van der Waals surface area (Å²) in [6, 6.07) is 0. The first-order valence-corrected chi connectivity index (χ1v) is 3.63. The molecule has 0 heterocycles. The summed E-state index contributed by atoms with van der Waals surface area (Å²) in [4.78, 5) is 20.9. The van der Waals surface area contributed by atoms with Crippen molar-refractivity contribution in [1.29, 1.82) is 0 Å². The average molecular weight is 157 g/mol. The zero-order valence-corrected chi connectivity index (χ0v) is 6.21. The zero-order valence-electron chi connectivity index (χ0n) is 6.21. The van der Waals surface area contributed by atoms with Crippen LogP contribution in [0, 0.1) is 0 Å². The van der Waals surface area contributed by atoms with Crippen molar-refractivity contribution in [1.82, 2.24) is 0 Å². The zero-order chi connectivity index (χ0) is 8.32. The van der Waals surface area contributed by atoms with E-state index in [2.05, 4.69) is 0 Å². The number of carbonyl (C=O) groups is 2. The van der Waals surface area contributed by atoms with Crippen molar-refractivity contribution in [2.24, 2.45) is 5.73 Å². The van der Waals surface area contributed by atoms with Gasteiger partial charge >= 0.3 is 6.09 Å². The SMILES string of the molecule is NC(=O)OC1(C=O)CCCC1. The Bertz CT molecular complexity index is 173. The molecule has 0 unspecified atom stereocenters. The summed E-state index contributed by atoms with van der Waals surface area (Å²) in [5.74, 6) is 0. The van der Waals surface area contributed by atoms with E-state index in [0.29, 0.717) is 19.1 Å². The van der Waals surface area contributed by atoms with Gasteiger partial charge in [0.2, 0.25) is 0 Å². The Kier molecular flexibility index (Phi) is 2.12. The summed E-state index contributed by atoms with van der Waals surface area (Å²) in [7, 11) is 0. The summed E-state index contributed by atoms with van der Waals surface area (Å²) in [6.45, 7) is 0. The lowest BCUT2D eigenvalue weighted by atomic mass is 10.1. The Morgan fingerprint density at radius 1 is 1.45 bits per heavy atom.